The Morgan fingerprint density at radius 3 is 2.85 bits per heavy atom. The highest BCUT2D eigenvalue weighted by molar-refractivity contribution is 7.99. The quantitative estimate of drug-likeness (QED) is 0.425. The number of aliphatic hydroxyl groups is 1. The molecule has 1 aromatic heterocycles. The summed E-state index contributed by atoms with van der Waals surface area (Å²) in [6, 6.07) is 7.52. The van der Waals surface area contributed by atoms with Crippen molar-refractivity contribution in [1.29, 1.82) is 0 Å². The van der Waals surface area contributed by atoms with Gasteiger partial charge < -0.3 is 19.8 Å². The monoisotopic (exact) mass is 486 g/mol. The fourth-order valence-corrected chi connectivity index (χ4v) is 6.88. The number of pyridine rings is 1. The van der Waals surface area contributed by atoms with Gasteiger partial charge in [0.15, 0.2) is 0 Å². The average molecular weight is 487 g/mol. The van der Waals surface area contributed by atoms with E-state index in [-0.39, 0.29) is 11.8 Å². The topological polar surface area (TPSA) is 82.9 Å². The van der Waals surface area contributed by atoms with Gasteiger partial charge in [-0.2, -0.15) is 11.8 Å². The van der Waals surface area contributed by atoms with Crippen molar-refractivity contribution in [3.63, 3.8) is 0 Å². The van der Waals surface area contributed by atoms with Crippen molar-refractivity contribution in [3.8, 4) is 5.75 Å². The molecule has 2 heterocycles. The summed E-state index contributed by atoms with van der Waals surface area (Å²) in [7, 11) is 1.63. The van der Waals surface area contributed by atoms with Crippen LogP contribution in [0.5, 0.6) is 5.75 Å². The van der Waals surface area contributed by atoms with Gasteiger partial charge in [0, 0.05) is 23.4 Å². The Hall–Kier alpha value is -1.83. The third kappa shape index (κ3) is 6.43. The molecule has 1 aliphatic heterocycles. The maximum Gasteiger partial charge on any atom is 0.308 e. The van der Waals surface area contributed by atoms with Gasteiger partial charge in [0.1, 0.15) is 5.75 Å². The number of methoxy groups -OCH3 is 1. The van der Waals surface area contributed by atoms with E-state index in [2.05, 4.69) is 21.6 Å². The van der Waals surface area contributed by atoms with Crippen molar-refractivity contribution in [1.82, 2.24) is 9.88 Å². The summed E-state index contributed by atoms with van der Waals surface area (Å²) >= 11 is 2.11. The number of carboxylic acid groups (broad SMARTS) is 1. The number of carboxylic acids is 1. The number of aliphatic hydroxyl groups excluding tert-OH is 1. The van der Waals surface area contributed by atoms with Crippen molar-refractivity contribution in [2.45, 2.75) is 62.7 Å². The normalized spacial score (nSPS) is 22.8. The van der Waals surface area contributed by atoms with Crippen LogP contribution in [0.25, 0.3) is 10.9 Å². The van der Waals surface area contributed by atoms with Gasteiger partial charge in [-0.05, 0) is 93.1 Å². The van der Waals surface area contributed by atoms with Gasteiger partial charge in [-0.15, -0.1) is 0 Å². The Morgan fingerprint density at radius 1 is 1.26 bits per heavy atom. The van der Waals surface area contributed by atoms with Gasteiger partial charge in [-0.1, -0.05) is 12.8 Å². The molecule has 0 bridgehead atoms. The summed E-state index contributed by atoms with van der Waals surface area (Å²) < 4.78 is 5.34. The van der Waals surface area contributed by atoms with Gasteiger partial charge >= 0.3 is 5.97 Å². The van der Waals surface area contributed by atoms with Crippen LogP contribution in [0.2, 0.25) is 0 Å². The molecule has 0 radical (unpaired) electrons. The van der Waals surface area contributed by atoms with E-state index in [0.29, 0.717) is 19.4 Å². The van der Waals surface area contributed by atoms with Gasteiger partial charge in [0.25, 0.3) is 0 Å². The van der Waals surface area contributed by atoms with Crippen molar-refractivity contribution in [2.75, 3.05) is 32.5 Å². The van der Waals surface area contributed by atoms with Crippen molar-refractivity contribution >= 4 is 28.6 Å². The first kappa shape index (κ1) is 25.3. The third-order valence-electron chi connectivity index (χ3n) is 7.58. The van der Waals surface area contributed by atoms with E-state index < -0.39 is 12.1 Å². The Labute approximate surface area is 207 Å². The highest BCUT2D eigenvalue weighted by atomic mass is 32.2. The highest BCUT2D eigenvalue weighted by Gasteiger charge is 2.34. The number of hydrogen-bond donors (Lipinski definition) is 2. The van der Waals surface area contributed by atoms with Crippen LogP contribution < -0.4 is 4.74 Å². The molecule has 3 atom stereocenters. The number of nitrogens with zero attached hydrogens (tertiary/aromatic N) is 2. The predicted octanol–water partition coefficient (Wildman–Crippen LogP) is 5.15. The second-order valence-corrected chi connectivity index (χ2v) is 11.2. The molecular formula is C27H38N2O4S. The molecule has 4 rings (SSSR count). The minimum atomic E-state index is -0.705. The number of aromatic nitrogens is 1. The van der Waals surface area contributed by atoms with Crippen molar-refractivity contribution in [2.24, 2.45) is 11.8 Å². The zero-order valence-electron chi connectivity index (χ0n) is 20.2. The highest BCUT2D eigenvalue weighted by Crippen LogP contribution is 2.34. The number of thioether (sulfide) groups is 1. The zero-order valence-corrected chi connectivity index (χ0v) is 21.0. The summed E-state index contributed by atoms with van der Waals surface area (Å²) in [5.41, 5.74) is 1.65. The largest absolute Gasteiger partial charge is 0.497 e. The van der Waals surface area contributed by atoms with Crippen LogP contribution in [0.15, 0.2) is 30.5 Å². The summed E-state index contributed by atoms with van der Waals surface area (Å²) in [5, 5.41) is 22.6. The molecule has 1 aromatic carbocycles. The van der Waals surface area contributed by atoms with Crippen LogP contribution in [-0.4, -0.2) is 63.8 Å². The molecular weight excluding hydrogens is 448 g/mol. The van der Waals surface area contributed by atoms with E-state index in [0.717, 1.165) is 53.4 Å². The van der Waals surface area contributed by atoms with Gasteiger partial charge in [-0.25, -0.2) is 0 Å². The molecule has 1 aliphatic carbocycles. The molecule has 34 heavy (non-hydrogen) atoms. The molecule has 2 N–H and O–H groups in total. The third-order valence-corrected chi connectivity index (χ3v) is 9.05. The summed E-state index contributed by atoms with van der Waals surface area (Å²) in [6.45, 7) is 2.57. The number of fused-ring (bicyclic) bond motifs is 1. The first-order chi connectivity index (χ1) is 16.5. The number of rotatable bonds is 11. The number of carbonyl (C=O) groups is 1. The second-order valence-electron chi connectivity index (χ2n) is 9.80. The van der Waals surface area contributed by atoms with Crippen LogP contribution in [-0.2, 0) is 4.79 Å². The lowest BCUT2D eigenvalue weighted by Crippen LogP contribution is -2.44. The molecule has 0 unspecified atom stereocenters. The molecule has 2 aliphatic rings. The number of piperidine rings is 1. The van der Waals surface area contributed by atoms with Crippen molar-refractivity contribution in [3.05, 3.63) is 36.0 Å². The Balaban J connectivity index is 1.29. The minimum absolute atomic E-state index is 0.0962. The van der Waals surface area contributed by atoms with Gasteiger partial charge in [0.05, 0.1) is 24.6 Å². The molecule has 0 spiro atoms. The first-order valence-electron chi connectivity index (χ1n) is 12.7. The van der Waals surface area contributed by atoms with Crippen LogP contribution in [0, 0.1) is 11.8 Å². The number of benzene rings is 1. The molecule has 1 saturated heterocycles. The predicted molar refractivity (Wildman–Crippen MR) is 137 cm³/mol. The van der Waals surface area contributed by atoms with Gasteiger partial charge in [0.2, 0.25) is 0 Å². The second kappa shape index (κ2) is 12.2. The van der Waals surface area contributed by atoms with E-state index in [4.69, 9.17) is 4.74 Å². The number of ether oxygens (including phenoxy) is 1. The maximum atomic E-state index is 12.1. The molecule has 2 aromatic rings. The molecule has 2 fully saturated rings. The summed E-state index contributed by atoms with van der Waals surface area (Å²) in [6.07, 6.45) is 9.82. The summed E-state index contributed by atoms with van der Waals surface area (Å²) in [4.78, 5) is 18.8. The fourth-order valence-electron chi connectivity index (χ4n) is 5.58. The molecule has 6 nitrogen and oxygen atoms in total. The molecule has 1 saturated carbocycles. The Morgan fingerprint density at radius 2 is 2.09 bits per heavy atom. The zero-order chi connectivity index (χ0) is 23.9. The van der Waals surface area contributed by atoms with Crippen LogP contribution in [0.4, 0.5) is 0 Å². The Kier molecular flexibility index (Phi) is 9.09. The van der Waals surface area contributed by atoms with Crippen LogP contribution >= 0.6 is 11.8 Å². The molecule has 0 amide bonds. The van der Waals surface area contributed by atoms with E-state index >= 15 is 0 Å². The maximum absolute atomic E-state index is 12.1. The van der Waals surface area contributed by atoms with E-state index in [9.17, 15) is 15.0 Å². The lowest BCUT2D eigenvalue weighted by molar-refractivity contribution is -0.146. The Bertz CT molecular complexity index is 949. The van der Waals surface area contributed by atoms with Crippen molar-refractivity contribution < 1.29 is 19.7 Å². The average Bonchev–Trinajstić information content (AvgIpc) is 3.38. The number of aliphatic carboxylic acids is 1. The standard InChI is InChI=1S/C27H38N2O4S/c1-33-20-8-9-25-23(17-20)22(11-13-28-25)26(30)10-7-19-12-15-29(18-24(19)27(31)32)14-4-16-34-21-5-2-3-6-21/h8-9,11,13,17,19,21,24,26,30H,2-7,10,12,14-16,18H2,1H3,(H,31,32)/t19-,24+,26-/m1/s1. The molecule has 186 valence electrons. The lowest BCUT2D eigenvalue weighted by atomic mass is 9.81. The summed E-state index contributed by atoms with van der Waals surface area (Å²) in [5.74, 6) is 0.938. The van der Waals surface area contributed by atoms with E-state index in [1.54, 1.807) is 13.3 Å². The van der Waals surface area contributed by atoms with E-state index in [1.807, 2.05) is 24.3 Å². The number of hydrogen-bond acceptors (Lipinski definition) is 6. The van der Waals surface area contributed by atoms with Crippen LogP contribution in [0.3, 0.4) is 0 Å². The smallest absolute Gasteiger partial charge is 0.308 e. The minimum Gasteiger partial charge on any atom is -0.497 e. The van der Waals surface area contributed by atoms with E-state index in [1.165, 1.54) is 31.4 Å². The van der Waals surface area contributed by atoms with Gasteiger partial charge in [-0.3, -0.25) is 9.78 Å². The number of likely N-dealkylation sites (tertiary alicyclic amines) is 1. The fraction of sp³-hybridized carbons (Fsp3) is 0.630. The first-order valence-corrected chi connectivity index (χ1v) is 13.8. The SMILES string of the molecule is COc1ccc2nccc([C@H](O)CC[C@@H]3CCN(CCCSC4CCCC4)C[C@@H]3C(=O)O)c2c1. The molecule has 7 heteroatoms. The van der Waals surface area contributed by atoms with Crippen LogP contribution in [0.1, 0.15) is 63.0 Å². The lowest BCUT2D eigenvalue weighted by Gasteiger charge is -2.37.